The van der Waals surface area contributed by atoms with Crippen molar-refractivity contribution in [3.8, 4) is 0 Å². The smallest absolute Gasteiger partial charge is 0.421 e. The number of halogens is 6. The molecule has 0 fully saturated rings. The summed E-state index contributed by atoms with van der Waals surface area (Å²) < 4.78 is 116. The van der Waals surface area contributed by atoms with Crippen molar-refractivity contribution < 1.29 is 57.5 Å². The molecule has 0 saturated carbocycles. The average Bonchev–Trinajstić information content (AvgIpc) is 2.68. The molecule has 1 aromatic carbocycles. The van der Waals surface area contributed by atoms with Gasteiger partial charge in [0.25, 0.3) is 0 Å². The van der Waals surface area contributed by atoms with Crippen molar-refractivity contribution in [1.82, 2.24) is 0 Å². The Labute approximate surface area is 197 Å². The summed E-state index contributed by atoms with van der Waals surface area (Å²) in [7, 11) is -13.4. The number of ether oxygens (including phenoxy) is 1. The van der Waals surface area contributed by atoms with E-state index in [1.165, 1.54) is 11.1 Å². The van der Waals surface area contributed by atoms with Crippen LogP contribution in [0.15, 0.2) is 61.1 Å². The summed E-state index contributed by atoms with van der Waals surface area (Å²) in [5.74, 6) is 0.575. The van der Waals surface area contributed by atoms with Gasteiger partial charge in [0.1, 0.15) is 6.61 Å². The Balaban J connectivity index is 0.000000367. The van der Waals surface area contributed by atoms with Crippen LogP contribution in [0.25, 0.3) is 4.13 Å². The Hall–Kier alpha value is -2.69. The second kappa shape index (κ2) is 11.8. The van der Waals surface area contributed by atoms with Crippen LogP contribution in [0.5, 0.6) is 0 Å². The van der Waals surface area contributed by atoms with E-state index in [9.17, 15) is 43.2 Å². The van der Waals surface area contributed by atoms with Gasteiger partial charge < -0.3 is 8.86 Å². The van der Waals surface area contributed by atoms with Crippen molar-refractivity contribution in [1.29, 1.82) is 0 Å². The van der Waals surface area contributed by atoms with Crippen molar-refractivity contribution in [3.05, 3.63) is 81.9 Å². The summed E-state index contributed by atoms with van der Waals surface area (Å²) in [6, 6.07) is 12.2. The van der Waals surface area contributed by atoms with Gasteiger partial charge in [-0.25, -0.2) is 21.7 Å². The molecule has 0 spiro atoms. The molecule has 0 bridgehead atoms. The van der Waals surface area contributed by atoms with E-state index in [-0.39, 0.29) is 0 Å². The van der Waals surface area contributed by atoms with Crippen molar-refractivity contribution in [3.63, 3.8) is 0 Å². The molecule has 0 aliphatic carbocycles. The summed E-state index contributed by atoms with van der Waals surface area (Å²) in [5, 5.41) is 0. The SMILES string of the molecule is C=C(COCc1cccc(C)c1)O[n+]1ccc(C)cc1.O=S(=O)([N-]S(=O)(=O)C(F)(F)F)C(F)(F)F. The summed E-state index contributed by atoms with van der Waals surface area (Å²) in [6.07, 6.45) is 3.70. The van der Waals surface area contributed by atoms with Gasteiger partial charge in [0.15, 0.2) is 25.8 Å². The topological polar surface area (TPSA) is 105 Å². The van der Waals surface area contributed by atoms with Gasteiger partial charge in [0.2, 0.25) is 12.4 Å². The Kier molecular flexibility index (Phi) is 10.3. The number of pyridine rings is 1. The molecule has 0 unspecified atom stereocenters. The second-order valence-electron chi connectivity index (χ2n) is 6.76. The van der Waals surface area contributed by atoms with E-state index in [0.29, 0.717) is 19.0 Å². The fourth-order valence-corrected chi connectivity index (χ4v) is 3.73. The summed E-state index contributed by atoms with van der Waals surface area (Å²) in [6.45, 7) is 8.88. The zero-order chi connectivity index (χ0) is 27.1. The molecule has 196 valence electrons. The van der Waals surface area contributed by atoms with Crippen LogP contribution < -0.4 is 9.57 Å². The number of aromatic nitrogens is 1. The van der Waals surface area contributed by atoms with Gasteiger partial charge in [-0.1, -0.05) is 36.4 Å². The Morgan fingerprint density at radius 3 is 1.89 bits per heavy atom. The van der Waals surface area contributed by atoms with Crippen LogP contribution in [0.4, 0.5) is 26.3 Å². The minimum absolute atomic E-state index is 0.370. The van der Waals surface area contributed by atoms with Gasteiger partial charge in [0.05, 0.1) is 6.61 Å². The highest BCUT2D eigenvalue weighted by Gasteiger charge is 2.46. The maximum Gasteiger partial charge on any atom is 0.480 e. The number of hydrogen-bond acceptors (Lipinski definition) is 6. The third-order valence-corrected chi connectivity index (χ3v) is 6.34. The van der Waals surface area contributed by atoms with Crippen LogP contribution >= 0.6 is 0 Å². The first-order valence-electron chi connectivity index (χ1n) is 9.18. The third-order valence-electron chi connectivity index (χ3n) is 3.60. The van der Waals surface area contributed by atoms with Gasteiger partial charge in [-0.2, -0.15) is 26.3 Å². The highest BCUT2D eigenvalue weighted by atomic mass is 32.3. The first kappa shape index (κ1) is 30.3. The quantitative estimate of drug-likeness (QED) is 0.281. The Bertz CT molecular complexity index is 1170. The number of nitrogens with zero attached hydrogens (tertiary/aromatic N) is 2. The standard InChI is InChI=1S/C17H20NO2.C2F6NO4S2/c1-14-7-9-18(10-8-14)20-16(3)12-19-13-17-6-4-5-15(2)11-17;3-1(4,5)14(10,11)9-15(12,13)2(6,7)8/h4-11H,3,12-13H2,1-2H3;/q+1;-1. The molecule has 2 rings (SSSR count). The molecule has 0 saturated heterocycles. The first-order valence-corrected chi connectivity index (χ1v) is 12.1. The van der Waals surface area contributed by atoms with E-state index in [1.54, 1.807) is 4.73 Å². The second-order valence-corrected chi connectivity index (χ2v) is 10.2. The lowest BCUT2D eigenvalue weighted by Gasteiger charge is -2.22. The van der Waals surface area contributed by atoms with Gasteiger partial charge in [0, 0.05) is 16.9 Å². The molecular weight excluding hydrogens is 530 g/mol. The zero-order valence-electron chi connectivity index (χ0n) is 18.2. The molecule has 2 aromatic rings. The van der Waals surface area contributed by atoms with E-state index in [2.05, 4.69) is 25.6 Å². The lowest BCUT2D eigenvalue weighted by atomic mass is 10.1. The van der Waals surface area contributed by atoms with Crippen LogP contribution in [0, 0.1) is 13.8 Å². The van der Waals surface area contributed by atoms with Gasteiger partial charge >= 0.3 is 11.0 Å². The predicted octanol–water partition coefficient (Wildman–Crippen LogP) is 3.81. The molecule has 0 N–H and O–H groups in total. The van der Waals surface area contributed by atoms with E-state index in [0.717, 1.165) is 9.69 Å². The molecule has 0 radical (unpaired) electrons. The number of benzene rings is 1. The molecule has 1 heterocycles. The number of aryl methyl sites for hydroxylation is 2. The minimum Gasteiger partial charge on any atom is -0.421 e. The Morgan fingerprint density at radius 1 is 0.914 bits per heavy atom. The van der Waals surface area contributed by atoms with Gasteiger partial charge in [-0.05, 0) is 25.0 Å². The fraction of sp³-hybridized carbons (Fsp3) is 0.316. The van der Waals surface area contributed by atoms with Gasteiger partial charge in [-0.15, -0.1) is 0 Å². The number of sulfonamides is 2. The van der Waals surface area contributed by atoms with Crippen LogP contribution in [-0.4, -0.2) is 34.5 Å². The monoisotopic (exact) mass is 550 g/mol. The number of alkyl halides is 6. The van der Waals surface area contributed by atoms with E-state index in [4.69, 9.17) is 9.57 Å². The normalized spacial score (nSPS) is 12.5. The zero-order valence-corrected chi connectivity index (χ0v) is 19.8. The molecule has 0 aliphatic heterocycles. The molecule has 8 nitrogen and oxygen atoms in total. The molecule has 1 aromatic heterocycles. The first-order chi connectivity index (χ1) is 15.8. The lowest BCUT2D eigenvalue weighted by molar-refractivity contribution is -0.880. The van der Waals surface area contributed by atoms with Crippen molar-refractivity contribution >= 4 is 20.0 Å². The number of rotatable bonds is 8. The van der Waals surface area contributed by atoms with Crippen LogP contribution in [0.3, 0.4) is 0 Å². The highest BCUT2D eigenvalue weighted by Crippen LogP contribution is 2.36. The summed E-state index contributed by atoms with van der Waals surface area (Å²) in [5.41, 5.74) is -8.83. The third kappa shape index (κ3) is 10.2. The predicted molar refractivity (Wildman–Crippen MR) is 111 cm³/mol. The maximum atomic E-state index is 11.4. The van der Waals surface area contributed by atoms with Crippen molar-refractivity contribution in [2.75, 3.05) is 6.61 Å². The molecule has 35 heavy (non-hydrogen) atoms. The van der Waals surface area contributed by atoms with Crippen LogP contribution in [-0.2, 0) is 31.4 Å². The largest absolute Gasteiger partial charge is 0.480 e. The lowest BCUT2D eigenvalue weighted by Crippen LogP contribution is -2.41. The molecule has 0 amide bonds. The fourth-order valence-electron chi connectivity index (χ4n) is 2.02. The summed E-state index contributed by atoms with van der Waals surface area (Å²) >= 11 is 0. The Morgan fingerprint density at radius 2 is 1.43 bits per heavy atom. The van der Waals surface area contributed by atoms with E-state index >= 15 is 0 Å². The number of hydrogen-bond donors (Lipinski definition) is 0. The highest BCUT2D eigenvalue weighted by molar-refractivity contribution is 8.13. The minimum atomic E-state index is -6.72. The van der Waals surface area contributed by atoms with Crippen molar-refractivity contribution in [2.24, 2.45) is 0 Å². The molecule has 16 heteroatoms. The molecule has 0 aliphatic rings. The van der Waals surface area contributed by atoms with E-state index in [1.807, 2.05) is 43.6 Å². The molecule has 0 atom stereocenters. The van der Waals surface area contributed by atoms with E-state index < -0.39 is 31.1 Å². The van der Waals surface area contributed by atoms with Crippen molar-refractivity contribution in [2.45, 2.75) is 31.5 Å². The average molecular weight is 550 g/mol. The van der Waals surface area contributed by atoms with Crippen LogP contribution in [0.2, 0.25) is 0 Å². The van der Waals surface area contributed by atoms with Crippen LogP contribution in [0.1, 0.15) is 16.7 Å². The summed E-state index contributed by atoms with van der Waals surface area (Å²) in [4.78, 5) is 5.53. The molecular formula is C19H20F6N2O6S2. The maximum absolute atomic E-state index is 11.4. The van der Waals surface area contributed by atoms with Gasteiger partial charge in [-0.3, -0.25) is 0 Å².